The number of aromatic nitrogens is 1. The Morgan fingerprint density at radius 2 is 2.30 bits per heavy atom. The summed E-state index contributed by atoms with van der Waals surface area (Å²) in [6.45, 7) is 4.05. The number of hydrogen-bond donors (Lipinski definition) is 0. The number of likely N-dealkylation sites (tertiary alicyclic amines) is 2. The standard InChI is InChI=1S/C15H19N3O2/c1-11-9-18(13(19)12-4-3-6-16-8-12)10-15(11)5-7-17(2)14(15)20/h3-4,6,8,11H,5,7,9-10H2,1-2H3/t11-,15-/m0/s1. The van der Waals surface area contributed by atoms with Gasteiger partial charge in [-0.15, -0.1) is 0 Å². The van der Waals surface area contributed by atoms with Gasteiger partial charge in [0.1, 0.15) is 0 Å². The summed E-state index contributed by atoms with van der Waals surface area (Å²) in [5.41, 5.74) is 0.225. The first-order valence-electron chi connectivity index (χ1n) is 6.99. The maximum atomic E-state index is 12.5. The first-order valence-corrected chi connectivity index (χ1v) is 6.99. The number of carbonyl (C=O) groups is 2. The fraction of sp³-hybridized carbons (Fsp3) is 0.533. The quantitative estimate of drug-likeness (QED) is 0.767. The van der Waals surface area contributed by atoms with Gasteiger partial charge in [-0.05, 0) is 24.5 Å². The van der Waals surface area contributed by atoms with Crippen LogP contribution < -0.4 is 0 Å². The number of pyridine rings is 1. The Morgan fingerprint density at radius 3 is 2.90 bits per heavy atom. The molecule has 3 heterocycles. The average Bonchev–Trinajstić information content (AvgIpc) is 2.95. The Kier molecular flexibility index (Phi) is 3.00. The van der Waals surface area contributed by atoms with Gasteiger partial charge in [0, 0.05) is 39.1 Å². The molecule has 5 heteroatoms. The van der Waals surface area contributed by atoms with Crippen LogP contribution in [-0.2, 0) is 4.79 Å². The smallest absolute Gasteiger partial charge is 0.255 e. The molecule has 2 atom stereocenters. The second-order valence-electron chi connectivity index (χ2n) is 5.96. The van der Waals surface area contributed by atoms with Crippen molar-refractivity contribution >= 4 is 11.8 Å². The van der Waals surface area contributed by atoms with E-state index in [2.05, 4.69) is 11.9 Å². The van der Waals surface area contributed by atoms with Gasteiger partial charge in [0.05, 0.1) is 11.0 Å². The summed E-state index contributed by atoms with van der Waals surface area (Å²) in [5.74, 6) is 0.372. The summed E-state index contributed by atoms with van der Waals surface area (Å²) in [7, 11) is 1.84. The molecule has 2 saturated heterocycles. The van der Waals surface area contributed by atoms with Crippen LogP contribution in [0.3, 0.4) is 0 Å². The molecule has 0 unspecified atom stereocenters. The van der Waals surface area contributed by atoms with Gasteiger partial charge in [0.2, 0.25) is 5.91 Å². The van der Waals surface area contributed by atoms with Crippen molar-refractivity contribution < 1.29 is 9.59 Å². The molecule has 2 aliphatic heterocycles. The normalized spacial score (nSPS) is 29.5. The molecule has 106 valence electrons. The SMILES string of the molecule is C[C@H]1CN(C(=O)c2cccnc2)C[C@@]12CCN(C)C2=O. The molecular weight excluding hydrogens is 254 g/mol. The van der Waals surface area contributed by atoms with Gasteiger partial charge in [-0.3, -0.25) is 14.6 Å². The summed E-state index contributed by atoms with van der Waals surface area (Å²) >= 11 is 0. The molecule has 1 aromatic heterocycles. The van der Waals surface area contributed by atoms with Crippen LogP contribution in [0.2, 0.25) is 0 Å². The average molecular weight is 273 g/mol. The summed E-state index contributed by atoms with van der Waals surface area (Å²) in [6, 6.07) is 3.53. The van der Waals surface area contributed by atoms with Crippen LogP contribution in [-0.4, -0.2) is 53.3 Å². The van der Waals surface area contributed by atoms with Gasteiger partial charge >= 0.3 is 0 Å². The largest absolute Gasteiger partial charge is 0.345 e. The number of nitrogens with zero attached hydrogens (tertiary/aromatic N) is 3. The van der Waals surface area contributed by atoms with Gasteiger partial charge in [-0.25, -0.2) is 0 Å². The van der Waals surface area contributed by atoms with Crippen LogP contribution in [0.1, 0.15) is 23.7 Å². The molecule has 0 bridgehead atoms. The van der Waals surface area contributed by atoms with Crippen LogP contribution in [0.25, 0.3) is 0 Å². The molecule has 2 aliphatic rings. The molecule has 0 N–H and O–H groups in total. The number of amides is 2. The Balaban J connectivity index is 1.83. The lowest BCUT2D eigenvalue weighted by Gasteiger charge is -2.25. The molecule has 1 aromatic rings. The zero-order chi connectivity index (χ0) is 14.3. The van der Waals surface area contributed by atoms with Crippen LogP contribution >= 0.6 is 0 Å². The van der Waals surface area contributed by atoms with Crippen LogP contribution in [0.5, 0.6) is 0 Å². The van der Waals surface area contributed by atoms with Gasteiger partial charge in [-0.2, -0.15) is 0 Å². The van der Waals surface area contributed by atoms with Crippen molar-refractivity contribution in [1.82, 2.24) is 14.8 Å². The van der Waals surface area contributed by atoms with Gasteiger partial charge in [0.25, 0.3) is 5.91 Å². The third kappa shape index (κ3) is 1.80. The Morgan fingerprint density at radius 1 is 1.50 bits per heavy atom. The maximum absolute atomic E-state index is 12.5. The number of carbonyl (C=O) groups excluding carboxylic acids is 2. The molecule has 0 aromatic carbocycles. The summed E-state index contributed by atoms with van der Waals surface area (Å²) < 4.78 is 0. The summed E-state index contributed by atoms with van der Waals surface area (Å²) in [6.07, 6.45) is 4.08. The van der Waals surface area contributed by atoms with E-state index in [1.165, 1.54) is 0 Å². The Labute approximate surface area is 118 Å². The van der Waals surface area contributed by atoms with Crippen LogP contribution in [0, 0.1) is 11.3 Å². The molecule has 0 radical (unpaired) electrons. The minimum atomic E-state index is -0.368. The Hall–Kier alpha value is -1.91. The highest BCUT2D eigenvalue weighted by Crippen LogP contribution is 2.44. The lowest BCUT2D eigenvalue weighted by Crippen LogP contribution is -2.39. The van der Waals surface area contributed by atoms with Crippen molar-refractivity contribution in [1.29, 1.82) is 0 Å². The molecule has 1 spiro atoms. The predicted molar refractivity (Wildman–Crippen MR) is 74.0 cm³/mol. The van der Waals surface area contributed by atoms with E-state index in [0.29, 0.717) is 18.7 Å². The van der Waals surface area contributed by atoms with E-state index >= 15 is 0 Å². The second kappa shape index (κ2) is 4.58. The zero-order valence-electron chi connectivity index (χ0n) is 11.9. The van der Waals surface area contributed by atoms with E-state index in [9.17, 15) is 9.59 Å². The minimum absolute atomic E-state index is 0.0239. The van der Waals surface area contributed by atoms with E-state index in [-0.39, 0.29) is 23.1 Å². The van der Waals surface area contributed by atoms with Crippen molar-refractivity contribution in [2.45, 2.75) is 13.3 Å². The summed E-state index contributed by atoms with van der Waals surface area (Å²) in [4.78, 5) is 32.5. The first-order chi connectivity index (χ1) is 9.54. The highest BCUT2D eigenvalue weighted by Gasteiger charge is 2.55. The molecule has 2 amide bonds. The van der Waals surface area contributed by atoms with Gasteiger partial charge in [-0.1, -0.05) is 6.92 Å². The van der Waals surface area contributed by atoms with E-state index in [4.69, 9.17) is 0 Å². The summed E-state index contributed by atoms with van der Waals surface area (Å²) in [5, 5.41) is 0. The van der Waals surface area contributed by atoms with Crippen molar-refractivity contribution in [2.24, 2.45) is 11.3 Å². The molecule has 2 fully saturated rings. The second-order valence-corrected chi connectivity index (χ2v) is 5.96. The fourth-order valence-electron chi connectivity index (χ4n) is 3.45. The molecule has 3 rings (SSSR count). The fourth-order valence-corrected chi connectivity index (χ4v) is 3.45. The first kappa shape index (κ1) is 13.1. The molecule has 0 aliphatic carbocycles. The van der Waals surface area contributed by atoms with Crippen LogP contribution in [0.4, 0.5) is 0 Å². The van der Waals surface area contributed by atoms with Crippen molar-refractivity contribution in [3.63, 3.8) is 0 Å². The maximum Gasteiger partial charge on any atom is 0.255 e. The predicted octanol–water partition coefficient (Wildman–Crippen LogP) is 1.02. The molecule has 20 heavy (non-hydrogen) atoms. The lowest BCUT2D eigenvalue weighted by atomic mass is 9.78. The van der Waals surface area contributed by atoms with E-state index in [1.54, 1.807) is 34.3 Å². The highest BCUT2D eigenvalue weighted by atomic mass is 16.2. The van der Waals surface area contributed by atoms with E-state index < -0.39 is 0 Å². The monoisotopic (exact) mass is 273 g/mol. The minimum Gasteiger partial charge on any atom is -0.345 e. The van der Waals surface area contributed by atoms with Crippen molar-refractivity contribution in [3.8, 4) is 0 Å². The van der Waals surface area contributed by atoms with E-state index in [0.717, 1.165) is 13.0 Å². The third-order valence-corrected chi connectivity index (χ3v) is 4.77. The molecule has 5 nitrogen and oxygen atoms in total. The Bertz CT molecular complexity index is 545. The van der Waals surface area contributed by atoms with E-state index in [1.807, 2.05) is 7.05 Å². The number of hydrogen-bond acceptors (Lipinski definition) is 3. The van der Waals surface area contributed by atoms with Gasteiger partial charge < -0.3 is 9.80 Å². The topological polar surface area (TPSA) is 53.5 Å². The van der Waals surface area contributed by atoms with Crippen molar-refractivity contribution in [2.75, 3.05) is 26.7 Å². The van der Waals surface area contributed by atoms with Crippen LogP contribution in [0.15, 0.2) is 24.5 Å². The third-order valence-electron chi connectivity index (χ3n) is 4.77. The van der Waals surface area contributed by atoms with Gasteiger partial charge in [0.15, 0.2) is 0 Å². The highest BCUT2D eigenvalue weighted by molar-refractivity contribution is 5.95. The molecule has 0 saturated carbocycles. The lowest BCUT2D eigenvalue weighted by molar-refractivity contribution is -0.135. The molecular formula is C15H19N3O2. The number of rotatable bonds is 1. The van der Waals surface area contributed by atoms with Crippen molar-refractivity contribution in [3.05, 3.63) is 30.1 Å². The zero-order valence-corrected chi connectivity index (χ0v) is 11.9.